The van der Waals surface area contributed by atoms with E-state index in [1.807, 2.05) is 0 Å². The number of rotatable bonds is 5. The minimum Gasteiger partial charge on any atom is -0.463 e. The SMILES string of the molecule is COC(=O)C(=O)c1c(C)cn2nc(-c3ccc(Br)cc3)cc2c1OS(=O)(=O)C(F)(F)F. The normalized spacial score (nSPS) is 12.1. The van der Waals surface area contributed by atoms with Crippen molar-refractivity contribution in [2.24, 2.45) is 0 Å². The second kappa shape index (κ2) is 7.96. The van der Waals surface area contributed by atoms with E-state index in [4.69, 9.17) is 0 Å². The molecule has 0 spiro atoms. The van der Waals surface area contributed by atoms with Crippen LogP contribution >= 0.6 is 15.9 Å². The van der Waals surface area contributed by atoms with Crippen LogP contribution in [0.25, 0.3) is 16.8 Å². The number of aryl methyl sites for hydroxylation is 1. The third kappa shape index (κ3) is 4.28. The first-order valence-electron chi connectivity index (χ1n) is 8.28. The summed E-state index contributed by atoms with van der Waals surface area (Å²) < 4.78 is 72.8. The Labute approximate surface area is 181 Å². The van der Waals surface area contributed by atoms with Crippen LogP contribution in [0.3, 0.4) is 0 Å². The zero-order chi connectivity index (χ0) is 23.1. The molecule has 3 aromatic rings. The van der Waals surface area contributed by atoms with E-state index in [1.165, 1.54) is 19.2 Å². The first-order chi connectivity index (χ1) is 14.4. The first-order valence-corrected chi connectivity index (χ1v) is 10.5. The number of fused-ring (bicyclic) bond motifs is 1. The quantitative estimate of drug-likeness (QED) is 0.166. The highest BCUT2D eigenvalue weighted by atomic mass is 79.9. The highest BCUT2D eigenvalue weighted by Crippen LogP contribution is 2.36. The van der Waals surface area contributed by atoms with Crippen LogP contribution in [0.15, 0.2) is 41.0 Å². The van der Waals surface area contributed by atoms with Crippen molar-refractivity contribution in [2.45, 2.75) is 12.4 Å². The zero-order valence-electron chi connectivity index (χ0n) is 15.7. The molecule has 0 aliphatic carbocycles. The number of hydrogen-bond acceptors (Lipinski definition) is 7. The third-order valence-corrected chi connectivity index (χ3v) is 5.60. The molecule has 0 N–H and O–H groups in total. The van der Waals surface area contributed by atoms with Crippen LogP contribution in [0.2, 0.25) is 0 Å². The van der Waals surface area contributed by atoms with Crippen LogP contribution in [0.1, 0.15) is 15.9 Å². The maximum absolute atomic E-state index is 13.0. The van der Waals surface area contributed by atoms with E-state index in [9.17, 15) is 31.2 Å². The second-order valence-corrected chi connectivity index (χ2v) is 8.64. The Kier molecular flexibility index (Phi) is 5.84. The zero-order valence-corrected chi connectivity index (χ0v) is 18.1. The summed E-state index contributed by atoms with van der Waals surface area (Å²) in [5.41, 5.74) is -5.98. The maximum atomic E-state index is 13.0. The number of pyridine rings is 1. The van der Waals surface area contributed by atoms with Gasteiger partial charge >= 0.3 is 21.6 Å². The standard InChI is InChI=1S/C18H12BrF3N2O6S/c1-9-8-24-13(7-12(23-24)10-3-5-11(19)6-4-10)16(14(9)15(25)17(26)29-2)30-31(27,28)18(20,21)22/h3-8H,1-2H3. The molecule has 0 amide bonds. The number of benzene rings is 1. The predicted octanol–water partition coefficient (Wildman–Crippen LogP) is 3.66. The molecule has 1 aromatic carbocycles. The lowest BCUT2D eigenvalue weighted by molar-refractivity contribution is -0.135. The molecule has 0 radical (unpaired) electrons. The van der Waals surface area contributed by atoms with E-state index in [0.717, 1.165) is 16.1 Å². The fraction of sp³-hybridized carbons (Fsp3) is 0.167. The monoisotopic (exact) mass is 520 g/mol. The molecule has 2 aromatic heterocycles. The van der Waals surface area contributed by atoms with Crippen molar-refractivity contribution in [3.63, 3.8) is 0 Å². The largest absolute Gasteiger partial charge is 0.534 e. The van der Waals surface area contributed by atoms with Crippen molar-refractivity contribution in [1.82, 2.24) is 9.61 Å². The van der Waals surface area contributed by atoms with Gasteiger partial charge in [-0.25, -0.2) is 9.31 Å². The van der Waals surface area contributed by atoms with Crippen LogP contribution < -0.4 is 4.18 Å². The average molecular weight is 521 g/mol. The number of Topliss-reactive ketones (excluding diaryl/α,β-unsaturated/α-hetero) is 1. The number of hydrogen-bond donors (Lipinski definition) is 0. The Morgan fingerprint density at radius 2 is 1.77 bits per heavy atom. The van der Waals surface area contributed by atoms with Crippen LogP contribution in [-0.2, 0) is 19.6 Å². The molecule has 0 fully saturated rings. The van der Waals surface area contributed by atoms with Crippen molar-refractivity contribution in [1.29, 1.82) is 0 Å². The molecule has 164 valence electrons. The highest BCUT2D eigenvalue weighted by molar-refractivity contribution is 9.10. The molecule has 13 heteroatoms. The minimum atomic E-state index is -6.16. The van der Waals surface area contributed by atoms with Crippen LogP contribution in [-0.4, -0.2) is 42.4 Å². The summed E-state index contributed by atoms with van der Waals surface area (Å²) in [7, 11) is -5.27. The number of ether oxygens (including phenoxy) is 1. The van der Waals surface area contributed by atoms with Gasteiger partial charge in [0.2, 0.25) is 0 Å². The molecule has 0 aliphatic heterocycles. The molecule has 8 nitrogen and oxygen atoms in total. The summed E-state index contributed by atoms with van der Waals surface area (Å²) in [4.78, 5) is 24.2. The summed E-state index contributed by atoms with van der Waals surface area (Å²) in [5, 5.41) is 4.21. The van der Waals surface area contributed by atoms with Gasteiger partial charge in [-0.1, -0.05) is 28.1 Å². The minimum absolute atomic E-state index is 0.0549. The van der Waals surface area contributed by atoms with Gasteiger partial charge in [0.05, 0.1) is 18.4 Å². The molecule has 2 heterocycles. The van der Waals surface area contributed by atoms with E-state index in [1.54, 1.807) is 24.3 Å². The van der Waals surface area contributed by atoms with E-state index < -0.39 is 38.7 Å². The van der Waals surface area contributed by atoms with Crippen molar-refractivity contribution >= 4 is 43.3 Å². The van der Waals surface area contributed by atoms with Crippen LogP contribution in [0.4, 0.5) is 13.2 Å². The topological polar surface area (TPSA) is 104 Å². The molecule has 0 bridgehead atoms. The number of carbonyl (C=O) groups is 2. The summed E-state index contributed by atoms with van der Waals surface area (Å²) in [6.07, 6.45) is 1.25. The number of carbonyl (C=O) groups excluding carboxylic acids is 2. The summed E-state index contributed by atoms with van der Waals surface area (Å²) in [6.45, 7) is 1.28. The Bertz CT molecular complexity index is 1300. The maximum Gasteiger partial charge on any atom is 0.534 e. The third-order valence-electron chi connectivity index (χ3n) is 4.12. The number of alkyl halides is 3. The second-order valence-electron chi connectivity index (χ2n) is 6.19. The number of halogens is 4. The molecular formula is C18H12BrF3N2O6S. The smallest absolute Gasteiger partial charge is 0.463 e. The lowest BCUT2D eigenvalue weighted by atomic mass is 10.0. The molecule has 0 atom stereocenters. The summed E-state index contributed by atoms with van der Waals surface area (Å²) in [5.74, 6) is -3.76. The van der Waals surface area contributed by atoms with E-state index >= 15 is 0 Å². The first kappa shape index (κ1) is 22.7. The molecule has 0 saturated carbocycles. The molecule has 31 heavy (non-hydrogen) atoms. The van der Waals surface area contributed by atoms with Gasteiger partial charge in [-0.3, -0.25) is 4.79 Å². The van der Waals surface area contributed by atoms with Gasteiger partial charge in [0.1, 0.15) is 5.52 Å². The average Bonchev–Trinajstić information content (AvgIpc) is 3.10. The number of nitrogens with zero attached hydrogens (tertiary/aromatic N) is 2. The van der Waals surface area contributed by atoms with Gasteiger partial charge in [-0.2, -0.15) is 26.7 Å². The molecular weight excluding hydrogens is 509 g/mol. The number of esters is 1. The lowest BCUT2D eigenvalue weighted by Gasteiger charge is -2.15. The Morgan fingerprint density at radius 1 is 1.16 bits per heavy atom. The molecule has 0 aliphatic rings. The lowest BCUT2D eigenvalue weighted by Crippen LogP contribution is -2.29. The van der Waals surface area contributed by atoms with Crippen molar-refractivity contribution in [3.05, 3.63) is 52.1 Å². The van der Waals surface area contributed by atoms with Gasteiger partial charge in [0, 0.05) is 16.2 Å². The summed E-state index contributed by atoms with van der Waals surface area (Å²) >= 11 is 3.27. The highest BCUT2D eigenvalue weighted by Gasteiger charge is 2.49. The van der Waals surface area contributed by atoms with Crippen molar-refractivity contribution < 1.29 is 40.1 Å². The number of ketones is 1. The Morgan fingerprint density at radius 3 is 2.32 bits per heavy atom. The fourth-order valence-electron chi connectivity index (χ4n) is 2.70. The van der Waals surface area contributed by atoms with Gasteiger partial charge in [-0.15, -0.1) is 0 Å². The van der Waals surface area contributed by atoms with E-state index in [0.29, 0.717) is 5.56 Å². The van der Waals surface area contributed by atoms with Crippen LogP contribution in [0.5, 0.6) is 5.75 Å². The van der Waals surface area contributed by atoms with Crippen LogP contribution in [0, 0.1) is 6.92 Å². The van der Waals surface area contributed by atoms with Gasteiger partial charge in [0.25, 0.3) is 5.78 Å². The van der Waals surface area contributed by atoms with Gasteiger partial charge in [0.15, 0.2) is 5.75 Å². The predicted molar refractivity (Wildman–Crippen MR) is 105 cm³/mol. The fourth-order valence-corrected chi connectivity index (χ4v) is 3.44. The molecule has 0 saturated heterocycles. The van der Waals surface area contributed by atoms with Crippen molar-refractivity contribution in [3.8, 4) is 17.0 Å². The Hall–Kier alpha value is -2.93. The Balaban J connectivity index is 2.31. The molecule has 3 rings (SSSR count). The molecule has 0 unspecified atom stereocenters. The van der Waals surface area contributed by atoms with E-state index in [2.05, 4.69) is 29.9 Å². The van der Waals surface area contributed by atoms with Gasteiger partial charge in [-0.05, 0) is 30.7 Å². The van der Waals surface area contributed by atoms with Gasteiger partial charge < -0.3 is 8.92 Å². The number of aromatic nitrogens is 2. The van der Waals surface area contributed by atoms with Crippen molar-refractivity contribution in [2.75, 3.05) is 7.11 Å². The number of methoxy groups -OCH3 is 1. The van der Waals surface area contributed by atoms with E-state index in [-0.39, 0.29) is 16.8 Å². The summed E-state index contributed by atoms with van der Waals surface area (Å²) in [6, 6.07) is 7.95.